The number of esters is 1. The number of nitrogens with one attached hydrogen (secondary N) is 1. The first kappa shape index (κ1) is 19.9. The highest BCUT2D eigenvalue weighted by molar-refractivity contribution is 7.89. The second kappa shape index (κ2) is 8.63. The van der Waals surface area contributed by atoms with E-state index in [2.05, 4.69) is 9.46 Å². The molecule has 0 radical (unpaired) electrons. The predicted molar refractivity (Wildman–Crippen MR) is 88.1 cm³/mol. The number of carbonyl (C=O) groups excluding carboxylic acids is 1. The van der Waals surface area contributed by atoms with Gasteiger partial charge in [-0.1, -0.05) is 31.4 Å². The van der Waals surface area contributed by atoms with Crippen LogP contribution in [-0.4, -0.2) is 38.7 Å². The first-order chi connectivity index (χ1) is 10.7. The summed E-state index contributed by atoms with van der Waals surface area (Å²) in [6.45, 7) is 3.51. The Kier molecular flexibility index (Phi) is 7.47. The van der Waals surface area contributed by atoms with Crippen molar-refractivity contribution in [1.82, 2.24) is 4.72 Å². The van der Waals surface area contributed by atoms with Gasteiger partial charge in [0.05, 0.1) is 23.7 Å². The quantitative estimate of drug-likeness (QED) is 0.691. The van der Waals surface area contributed by atoms with Crippen LogP contribution in [0.15, 0.2) is 23.1 Å². The number of carbonyl (C=O) groups is 1. The Morgan fingerprint density at radius 2 is 2.04 bits per heavy atom. The molecule has 0 aliphatic carbocycles. The molecule has 0 heterocycles. The lowest BCUT2D eigenvalue weighted by atomic mass is 10.1. The highest BCUT2D eigenvalue weighted by Gasteiger charge is 2.24. The van der Waals surface area contributed by atoms with E-state index in [-0.39, 0.29) is 15.5 Å². The molecule has 1 rings (SSSR count). The molecule has 1 aromatic rings. The molecule has 23 heavy (non-hydrogen) atoms. The van der Waals surface area contributed by atoms with Gasteiger partial charge in [-0.25, -0.2) is 17.9 Å². The Balaban J connectivity index is 3.12. The minimum absolute atomic E-state index is 0.0440. The minimum atomic E-state index is -3.92. The third-order valence-electron chi connectivity index (χ3n) is 3.36. The first-order valence-electron chi connectivity index (χ1n) is 7.30. The lowest BCUT2D eigenvalue weighted by molar-refractivity contribution is 0.0600. The first-order valence-corrected chi connectivity index (χ1v) is 9.16. The predicted octanol–water partition coefficient (Wildman–Crippen LogP) is 2.34. The molecule has 2 unspecified atom stereocenters. The third-order valence-corrected chi connectivity index (χ3v) is 5.05. The smallest absolute Gasteiger partial charge is 0.337 e. The molecule has 0 saturated carbocycles. The van der Waals surface area contributed by atoms with E-state index in [1.165, 1.54) is 32.2 Å². The topological polar surface area (TPSA) is 92.7 Å². The van der Waals surface area contributed by atoms with Crippen LogP contribution in [0.25, 0.3) is 0 Å². The molecular formula is C15H22ClNO5S. The fourth-order valence-corrected chi connectivity index (χ4v) is 3.76. The average molecular weight is 364 g/mol. The van der Waals surface area contributed by atoms with E-state index in [1.54, 1.807) is 0 Å². The van der Waals surface area contributed by atoms with Crippen LogP contribution in [0.2, 0.25) is 5.02 Å². The van der Waals surface area contributed by atoms with E-state index in [0.29, 0.717) is 6.42 Å². The Labute approximate surface area is 141 Å². The minimum Gasteiger partial charge on any atom is -0.465 e. The highest BCUT2D eigenvalue weighted by atomic mass is 35.5. The van der Waals surface area contributed by atoms with Crippen molar-refractivity contribution in [2.24, 2.45) is 0 Å². The van der Waals surface area contributed by atoms with Crippen molar-refractivity contribution >= 4 is 27.6 Å². The highest BCUT2D eigenvalue weighted by Crippen LogP contribution is 2.21. The summed E-state index contributed by atoms with van der Waals surface area (Å²) in [6, 6.07) is 3.16. The Hall–Kier alpha value is -1.15. The summed E-state index contributed by atoms with van der Waals surface area (Å²) in [5, 5.41) is 9.86. The van der Waals surface area contributed by atoms with E-state index in [9.17, 15) is 18.3 Å². The van der Waals surface area contributed by atoms with Crippen LogP contribution < -0.4 is 4.72 Å². The van der Waals surface area contributed by atoms with Gasteiger partial charge in [-0.3, -0.25) is 0 Å². The van der Waals surface area contributed by atoms with Crippen LogP contribution in [0.3, 0.4) is 0 Å². The second-order valence-electron chi connectivity index (χ2n) is 5.28. The molecule has 2 atom stereocenters. The van der Waals surface area contributed by atoms with Gasteiger partial charge in [0.15, 0.2) is 0 Å². The maximum atomic E-state index is 12.5. The van der Waals surface area contributed by atoms with Crippen molar-refractivity contribution in [3.63, 3.8) is 0 Å². The van der Waals surface area contributed by atoms with Crippen LogP contribution in [0.1, 0.15) is 43.5 Å². The number of benzene rings is 1. The zero-order chi connectivity index (χ0) is 17.6. The molecule has 0 spiro atoms. The molecule has 0 aliphatic heterocycles. The second-order valence-corrected chi connectivity index (χ2v) is 7.43. The average Bonchev–Trinajstić information content (AvgIpc) is 2.49. The van der Waals surface area contributed by atoms with Crippen LogP contribution in [-0.2, 0) is 14.8 Å². The van der Waals surface area contributed by atoms with Crippen LogP contribution in [0, 0.1) is 0 Å². The Morgan fingerprint density at radius 1 is 1.39 bits per heavy atom. The van der Waals surface area contributed by atoms with E-state index in [0.717, 1.165) is 12.8 Å². The van der Waals surface area contributed by atoms with Crippen molar-refractivity contribution in [2.75, 3.05) is 7.11 Å². The molecule has 0 bridgehead atoms. The van der Waals surface area contributed by atoms with Crippen molar-refractivity contribution in [3.8, 4) is 0 Å². The molecule has 0 aromatic heterocycles. The molecule has 8 heteroatoms. The Morgan fingerprint density at radius 3 is 2.57 bits per heavy atom. The van der Waals surface area contributed by atoms with Gasteiger partial charge in [-0.2, -0.15) is 0 Å². The fraction of sp³-hybridized carbons (Fsp3) is 0.533. The maximum absolute atomic E-state index is 12.5. The number of aliphatic hydroxyl groups excluding tert-OH is 1. The van der Waals surface area contributed by atoms with Gasteiger partial charge in [0.1, 0.15) is 0 Å². The normalized spacial score (nSPS) is 14.3. The number of aliphatic hydroxyl groups is 1. The zero-order valence-electron chi connectivity index (χ0n) is 13.4. The molecule has 0 amide bonds. The largest absolute Gasteiger partial charge is 0.465 e. The maximum Gasteiger partial charge on any atom is 0.337 e. The van der Waals surface area contributed by atoms with Gasteiger partial charge < -0.3 is 9.84 Å². The van der Waals surface area contributed by atoms with Gasteiger partial charge in [-0.15, -0.1) is 0 Å². The summed E-state index contributed by atoms with van der Waals surface area (Å²) in [5.74, 6) is -0.679. The molecule has 0 saturated heterocycles. The lowest BCUT2D eigenvalue weighted by Gasteiger charge is -2.21. The van der Waals surface area contributed by atoms with Gasteiger partial charge in [0, 0.05) is 11.1 Å². The summed E-state index contributed by atoms with van der Waals surface area (Å²) in [6.07, 6.45) is 1.34. The Bertz CT molecular complexity index is 645. The molecule has 2 N–H and O–H groups in total. The number of hydrogen-bond donors (Lipinski definition) is 2. The van der Waals surface area contributed by atoms with Crippen LogP contribution in [0.4, 0.5) is 0 Å². The number of rotatable bonds is 8. The summed E-state index contributed by atoms with van der Waals surface area (Å²) in [4.78, 5) is 11.4. The molecule has 0 aliphatic rings. The van der Waals surface area contributed by atoms with Crippen molar-refractivity contribution in [1.29, 1.82) is 0 Å². The van der Waals surface area contributed by atoms with E-state index < -0.39 is 28.1 Å². The summed E-state index contributed by atoms with van der Waals surface area (Å²) in [5.41, 5.74) is 0.0440. The third kappa shape index (κ3) is 5.76. The molecule has 6 nitrogen and oxygen atoms in total. The van der Waals surface area contributed by atoms with Crippen molar-refractivity contribution in [2.45, 2.75) is 50.2 Å². The number of halogens is 1. The summed E-state index contributed by atoms with van der Waals surface area (Å²) >= 11 is 5.89. The number of hydrogen-bond acceptors (Lipinski definition) is 5. The molecule has 130 valence electrons. The number of ether oxygens (including phenoxy) is 1. The monoisotopic (exact) mass is 363 g/mol. The summed E-state index contributed by atoms with van der Waals surface area (Å²) in [7, 11) is -2.73. The van der Waals surface area contributed by atoms with E-state index >= 15 is 0 Å². The summed E-state index contributed by atoms with van der Waals surface area (Å²) < 4.78 is 32.0. The van der Waals surface area contributed by atoms with E-state index in [4.69, 9.17) is 11.6 Å². The molecular weight excluding hydrogens is 342 g/mol. The van der Waals surface area contributed by atoms with E-state index in [1.807, 2.05) is 6.92 Å². The van der Waals surface area contributed by atoms with Gasteiger partial charge in [0.25, 0.3) is 0 Å². The van der Waals surface area contributed by atoms with Crippen molar-refractivity contribution in [3.05, 3.63) is 28.8 Å². The lowest BCUT2D eigenvalue weighted by Crippen LogP contribution is -2.42. The SMILES string of the molecule is CCCCC(NS(=O)(=O)c1cc(Cl)cc(C(=O)OC)c1)C(C)O. The number of methoxy groups -OCH3 is 1. The van der Waals surface area contributed by atoms with Crippen molar-refractivity contribution < 1.29 is 23.1 Å². The van der Waals surface area contributed by atoms with Crippen LogP contribution >= 0.6 is 11.6 Å². The van der Waals surface area contributed by atoms with Gasteiger partial charge in [0.2, 0.25) is 10.0 Å². The van der Waals surface area contributed by atoms with Gasteiger partial charge >= 0.3 is 5.97 Å². The number of unbranched alkanes of at least 4 members (excludes halogenated alkanes) is 1. The fourth-order valence-electron chi connectivity index (χ4n) is 2.04. The number of sulfonamides is 1. The van der Waals surface area contributed by atoms with Gasteiger partial charge in [-0.05, 0) is 31.5 Å². The molecule has 0 fully saturated rings. The van der Waals surface area contributed by atoms with Crippen LogP contribution in [0.5, 0.6) is 0 Å². The molecule has 1 aromatic carbocycles. The zero-order valence-corrected chi connectivity index (χ0v) is 14.9. The standard InChI is InChI=1S/C15H22ClNO5S/c1-4-5-6-14(10(2)18)17-23(20,21)13-8-11(15(19)22-3)7-12(16)9-13/h7-10,14,17-18H,4-6H2,1-3H3.